The minimum absolute atomic E-state index is 0.0634. The molecular formula is C25H20N4O2. The van der Waals surface area contributed by atoms with E-state index in [-0.39, 0.29) is 5.88 Å². The lowest BCUT2D eigenvalue weighted by Gasteiger charge is -2.26. The van der Waals surface area contributed by atoms with Gasteiger partial charge in [-0.05, 0) is 29.3 Å². The van der Waals surface area contributed by atoms with Gasteiger partial charge in [-0.2, -0.15) is 5.26 Å². The Labute approximate surface area is 179 Å². The van der Waals surface area contributed by atoms with E-state index in [1.807, 2.05) is 73.7 Å². The summed E-state index contributed by atoms with van der Waals surface area (Å²) in [5.41, 5.74) is 10.0. The highest BCUT2D eigenvalue weighted by Crippen LogP contribution is 2.47. The van der Waals surface area contributed by atoms with E-state index < -0.39 is 5.92 Å². The fraction of sp³-hybridized carbons (Fsp3) is 0.120. The molecule has 0 unspecified atom stereocenters. The molecule has 5 rings (SSSR count). The molecule has 3 N–H and O–H groups in total. The summed E-state index contributed by atoms with van der Waals surface area (Å²) in [5.74, 6) is 0.695. The van der Waals surface area contributed by atoms with Gasteiger partial charge >= 0.3 is 0 Å². The number of H-pyrrole nitrogens is 1. The van der Waals surface area contributed by atoms with Crippen molar-refractivity contribution in [1.82, 2.24) is 10.2 Å². The van der Waals surface area contributed by atoms with Crippen molar-refractivity contribution in [3.05, 3.63) is 101 Å². The van der Waals surface area contributed by atoms with Gasteiger partial charge in [0.15, 0.2) is 0 Å². The molecule has 0 saturated heterocycles. The molecule has 0 bridgehead atoms. The first-order valence-electron chi connectivity index (χ1n) is 9.98. The molecule has 0 amide bonds. The average Bonchev–Trinajstić information content (AvgIpc) is 3.17. The van der Waals surface area contributed by atoms with Crippen molar-refractivity contribution in [2.45, 2.75) is 19.4 Å². The molecule has 1 aliphatic heterocycles. The van der Waals surface area contributed by atoms with Crippen LogP contribution in [0.5, 0.6) is 11.6 Å². The Balaban J connectivity index is 1.73. The summed E-state index contributed by atoms with van der Waals surface area (Å²) in [6, 6.07) is 24.3. The van der Waals surface area contributed by atoms with Crippen molar-refractivity contribution in [2.24, 2.45) is 5.73 Å². The number of ether oxygens (including phenoxy) is 2. The van der Waals surface area contributed by atoms with Crippen LogP contribution in [0.15, 0.2) is 78.2 Å². The van der Waals surface area contributed by atoms with E-state index in [4.69, 9.17) is 15.2 Å². The summed E-state index contributed by atoms with van der Waals surface area (Å²) < 4.78 is 11.9. The number of benzene rings is 3. The van der Waals surface area contributed by atoms with Crippen LogP contribution < -0.4 is 15.2 Å². The Morgan fingerprint density at radius 2 is 1.84 bits per heavy atom. The van der Waals surface area contributed by atoms with Crippen LogP contribution in [0.25, 0.3) is 10.8 Å². The first-order chi connectivity index (χ1) is 15.2. The maximum Gasteiger partial charge on any atom is 0.244 e. The molecule has 0 saturated carbocycles. The van der Waals surface area contributed by atoms with Gasteiger partial charge in [-0.1, -0.05) is 60.7 Å². The smallest absolute Gasteiger partial charge is 0.244 e. The number of aromatic amines is 1. The molecule has 0 aliphatic carbocycles. The Hall–Kier alpha value is -4.24. The molecule has 1 atom stereocenters. The lowest BCUT2D eigenvalue weighted by atomic mass is 9.81. The van der Waals surface area contributed by atoms with Crippen molar-refractivity contribution in [3.63, 3.8) is 0 Å². The second kappa shape index (κ2) is 7.54. The number of allylic oxidation sites excluding steroid dienone is 1. The summed E-state index contributed by atoms with van der Waals surface area (Å²) in [7, 11) is 0. The molecule has 2 heterocycles. The van der Waals surface area contributed by atoms with E-state index in [0.29, 0.717) is 23.8 Å². The van der Waals surface area contributed by atoms with Crippen molar-refractivity contribution in [3.8, 4) is 17.7 Å². The molecule has 1 aromatic heterocycles. The molecule has 31 heavy (non-hydrogen) atoms. The number of nitrogens with one attached hydrogen (secondary N) is 1. The van der Waals surface area contributed by atoms with E-state index >= 15 is 0 Å². The van der Waals surface area contributed by atoms with Crippen LogP contribution in [-0.4, -0.2) is 10.2 Å². The summed E-state index contributed by atoms with van der Waals surface area (Å²) in [6.07, 6.45) is 0. The van der Waals surface area contributed by atoms with Crippen LogP contribution in [0.4, 0.5) is 0 Å². The summed E-state index contributed by atoms with van der Waals surface area (Å²) in [5, 5.41) is 19.2. The molecular weight excluding hydrogens is 388 g/mol. The standard InChI is InChI=1S/C25H20N4O2/c1-15-21-23(19(13-26)24(27)31-25(21)29-28-15)22-18-10-6-5-9-17(18)11-12-20(22)30-14-16-7-3-2-4-8-16/h2-12,23H,14,27H2,1H3,(H,28,29)/t23-/m0/s1. The largest absolute Gasteiger partial charge is 0.489 e. The third kappa shape index (κ3) is 3.17. The number of nitriles is 1. The number of fused-ring (bicyclic) bond motifs is 2. The van der Waals surface area contributed by atoms with Gasteiger partial charge in [-0.15, -0.1) is 5.10 Å². The highest BCUT2D eigenvalue weighted by molar-refractivity contribution is 5.90. The first-order valence-corrected chi connectivity index (χ1v) is 9.98. The maximum absolute atomic E-state index is 9.98. The predicted octanol–water partition coefficient (Wildman–Crippen LogP) is 4.67. The van der Waals surface area contributed by atoms with Gasteiger partial charge in [0.1, 0.15) is 24.0 Å². The van der Waals surface area contributed by atoms with Gasteiger partial charge in [0.05, 0.1) is 5.92 Å². The highest BCUT2D eigenvalue weighted by Gasteiger charge is 2.36. The van der Waals surface area contributed by atoms with E-state index in [1.54, 1.807) is 0 Å². The van der Waals surface area contributed by atoms with E-state index in [0.717, 1.165) is 33.2 Å². The first kappa shape index (κ1) is 18.8. The zero-order valence-electron chi connectivity index (χ0n) is 16.9. The Bertz CT molecular complexity index is 1350. The van der Waals surface area contributed by atoms with Gasteiger partial charge in [0.2, 0.25) is 11.8 Å². The fourth-order valence-corrected chi connectivity index (χ4v) is 4.12. The van der Waals surface area contributed by atoms with Crippen LogP contribution in [0.1, 0.15) is 28.3 Å². The molecule has 6 heteroatoms. The number of rotatable bonds is 4. The third-order valence-electron chi connectivity index (χ3n) is 5.59. The second-order valence-electron chi connectivity index (χ2n) is 7.47. The second-order valence-corrected chi connectivity index (χ2v) is 7.47. The predicted molar refractivity (Wildman–Crippen MR) is 117 cm³/mol. The molecule has 1 aliphatic rings. The van der Waals surface area contributed by atoms with Gasteiger partial charge in [-0.3, -0.25) is 5.10 Å². The van der Waals surface area contributed by atoms with Crippen LogP contribution in [0, 0.1) is 18.3 Å². The fourth-order valence-electron chi connectivity index (χ4n) is 4.12. The maximum atomic E-state index is 9.98. The Morgan fingerprint density at radius 1 is 1.06 bits per heavy atom. The minimum atomic E-state index is -0.454. The van der Waals surface area contributed by atoms with Crippen molar-refractivity contribution < 1.29 is 9.47 Å². The molecule has 0 fully saturated rings. The summed E-state index contributed by atoms with van der Waals surface area (Å²) >= 11 is 0. The van der Waals surface area contributed by atoms with Gasteiger partial charge in [-0.25, -0.2) is 0 Å². The quantitative estimate of drug-likeness (QED) is 0.511. The van der Waals surface area contributed by atoms with Crippen LogP contribution in [0.3, 0.4) is 0 Å². The number of aryl methyl sites for hydroxylation is 1. The van der Waals surface area contributed by atoms with Gasteiger partial charge in [0.25, 0.3) is 0 Å². The zero-order chi connectivity index (χ0) is 21.4. The average molecular weight is 408 g/mol. The zero-order valence-corrected chi connectivity index (χ0v) is 16.9. The molecule has 3 aromatic carbocycles. The van der Waals surface area contributed by atoms with E-state index in [9.17, 15) is 5.26 Å². The number of nitrogens with zero attached hydrogens (tertiary/aromatic N) is 2. The lowest BCUT2D eigenvalue weighted by molar-refractivity contribution is 0.302. The highest BCUT2D eigenvalue weighted by atomic mass is 16.5. The summed E-state index contributed by atoms with van der Waals surface area (Å²) in [6.45, 7) is 2.32. The van der Waals surface area contributed by atoms with E-state index in [1.165, 1.54) is 0 Å². The number of hydrogen-bond donors (Lipinski definition) is 2. The topological polar surface area (TPSA) is 97.0 Å². The molecule has 0 radical (unpaired) electrons. The minimum Gasteiger partial charge on any atom is -0.489 e. The number of nitrogens with two attached hydrogens (primary N) is 1. The van der Waals surface area contributed by atoms with Crippen molar-refractivity contribution in [1.29, 1.82) is 5.26 Å². The lowest BCUT2D eigenvalue weighted by Crippen LogP contribution is -2.21. The van der Waals surface area contributed by atoms with Crippen LogP contribution in [0.2, 0.25) is 0 Å². The molecule has 0 spiro atoms. The van der Waals surface area contributed by atoms with Crippen molar-refractivity contribution in [2.75, 3.05) is 0 Å². The number of aromatic nitrogens is 2. The molecule has 152 valence electrons. The van der Waals surface area contributed by atoms with Crippen LogP contribution >= 0.6 is 0 Å². The third-order valence-corrected chi connectivity index (χ3v) is 5.59. The van der Waals surface area contributed by atoms with Gasteiger partial charge in [0, 0.05) is 16.8 Å². The van der Waals surface area contributed by atoms with Crippen molar-refractivity contribution >= 4 is 10.8 Å². The Morgan fingerprint density at radius 3 is 2.65 bits per heavy atom. The SMILES string of the molecule is Cc1[nH]nc2c1[C@@H](c1c(OCc3ccccc3)ccc3ccccc13)C(C#N)=C(N)O2. The van der Waals surface area contributed by atoms with Gasteiger partial charge < -0.3 is 15.2 Å². The Kier molecular flexibility index (Phi) is 4.57. The number of hydrogen-bond acceptors (Lipinski definition) is 5. The monoisotopic (exact) mass is 408 g/mol. The van der Waals surface area contributed by atoms with Crippen LogP contribution in [-0.2, 0) is 6.61 Å². The normalized spacial score (nSPS) is 15.3. The molecule has 4 aromatic rings. The van der Waals surface area contributed by atoms with E-state index in [2.05, 4.69) is 16.3 Å². The molecule has 6 nitrogen and oxygen atoms in total. The summed E-state index contributed by atoms with van der Waals surface area (Å²) in [4.78, 5) is 0.